The van der Waals surface area contributed by atoms with Crippen LogP contribution in [0.15, 0.2) is 47.8 Å². The monoisotopic (exact) mass is 821 g/mol. The lowest BCUT2D eigenvalue weighted by atomic mass is 9.74. The van der Waals surface area contributed by atoms with E-state index in [2.05, 4.69) is 20.0 Å². The average molecular weight is 822 g/mol. The molecule has 3 aliphatic rings. The molecule has 2 N–H and O–H groups in total. The first kappa shape index (κ1) is 44.7. The molecule has 5 atom stereocenters. The van der Waals surface area contributed by atoms with Crippen LogP contribution in [0.2, 0.25) is 0 Å². The zero-order chi connectivity index (χ0) is 42.2. The molecule has 0 spiro atoms. The molecule has 1 saturated heterocycles. The number of aromatic nitrogens is 2. The summed E-state index contributed by atoms with van der Waals surface area (Å²) in [7, 11) is -2.38. The van der Waals surface area contributed by atoms with Gasteiger partial charge in [-0.1, -0.05) is 53.4 Å². The summed E-state index contributed by atoms with van der Waals surface area (Å²) in [6.07, 6.45) is 10.5. The molecule has 2 heterocycles. The van der Waals surface area contributed by atoms with Gasteiger partial charge in [-0.15, -0.1) is 0 Å². The first-order chi connectivity index (χ1) is 27.5. The fourth-order valence-electron chi connectivity index (χ4n) is 8.26. The molecule has 2 saturated carbocycles. The quantitative estimate of drug-likeness (QED) is 0.170. The maximum Gasteiger partial charge on any atom is 0.272 e. The predicted octanol–water partition coefficient (Wildman–Crippen LogP) is 5.05. The molecule has 0 unspecified atom stereocenters. The van der Waals surface area contributed by atoms with Crippen LogP contribution in [0.1, 0.15) is 122 Å². The molecule has 2 aliphatic carbocycles. The van der Waals surface area contributed by atoms with Crippen LogP contribution in [0.25, 0.3) is 0 Å². The second-order valence-electron chi connectivity index (χ2n) is 17.3. The fourth-order valence-corrected chi connectivity index (χ4v) is 8.99. The molecule has 14 nitrogen and oxygen atoms in total. The van der Waals surface area contributed by atoms with Gasteiger partial charge in [-0.05, 0) is 80.7 Å². The van der Waals surface area contributed by atoms with Gasteiger partial charge < -0.3 is 15.0 Å². The van der Waals surface area contributed by atoms with Crippen molar-refractivity contribution < 1.29 is 41.9 Å². The van der Waals surface area contributed by atoms with Crippen LogP contribution in [-0.4, -0.2) is 90.0 Å². The van der Waals surface area contributed by atoms with Crippen LogP contribution >= 0.6 is 0 Å². The number of hydrogen-bond acceptors (Lipinski definition) is 11. The van der Waals surface area contributed by atoms with Crippen molar-refractivity contribution >= 4 is 45.0 Å². The number of carbonyl (C=O) groups excluding carboxylic acids is 6. The maximum atomic E-state index is 14.9. The van der Waals surface area contributed by atoms with E-state index < -0.39 is 68.8 Å². The van der Waals surface area contributed by atoms with Crippen molar-refractivity contribution in [3.05, 3.63) is 48.5 Å². The molecule has 15 heteroatoms. The lowest BCUT2D eigenvalue weighted by Crippen LogP contribution is -2.51. The molecule has 0 bridgehead atoms. The smallest absolute Gasteiger partial charge is 0.272 e. The minimum Gasteiger partial charge on any atom is -0.488 e. The standard InChI is InChI=1S/C43H59N5O9S/c1-6-10-29(40(52)38(51)21-27-13-14-27)22-36(49)35-23-31(57-30-15-17-32(18-16-30)58(55,56)44-5)26-48(35)42(54)33(43(2,3)4)24-37(50)39(28-11-8-7-9-12-28)47-41(53)34-25-45-19-20-46-34/h15-20,25,27-29,31,33,35,39,44H,6-14,21-24,26H2,1-5H3,(H,47,53)/t29-,31-,33-,35+,39+/m1/s1. The minimum atomic E-state index is -3.69. The number of hydrogen-bond donors (Lipinski definition) is 2. The Morgan fingerprint density at radius 1 is 0.948 bits per heavy atom. The first-order valence-corrected chi connectivity index (χ1v) is 22.2. The van der Waals surface area contributed by atoms with Gasteiger partial charge in [0.05, 0.1) is 29.7 Å². The van der Waals surface area contributed by atoms with Crippen molar-refractivity contribution in [2.75, 3.05) is 13.6 Å². The number of nitrogens with one attached hydrogen (secondary N) is 2. The Bertz CT molecular complexity index is 1910. The summed E-state index contributed by atoms with van der Waals surface area (Å²) < 4.78 is 33.2. The Labute approximate surface area is 342 Å². The number of ether oxygens (including phenoxy) is 1. The van der Waals surface area contributed by atoms with Crippen LogP contribution < -0.4 is 14.8 Å². The van der Waals surface area contributed by atoms with Crippen LogP contribution in [0.3, 0.4) is 0 Å². The SMILES string of the molecule is CCC[C@H](CC(=O)[C@@H]1C[C@@H](Oc2ccc(S(=O)(=O)NC)cc2)CN1C(=O)[C@@H](CC(=O)[C@@H](NC(=O)c1cnccn1)C1CCCCC1)C(C)(C)C)C(=O)C(=O)CC1CC1. The molecule has 1 aliphatic heterocycles. The highest BCUT2D eigenvalue weighted by atomic mass is 32.2. The number of rotatable bonds is 20. The minimum absolute atomic E-state index is 0.00492. The van der Waals surface area contributed by atoms with Crippen LogP contribution in [0, 0.1) is 29.1 Å². The lowest BCUT2D eigenvalue weighted by molar-refractivity contribution is -0.147. The van der Waals surface area contributed by atoms with Gasteiger partial charge in [0.15, 0.2) is 17.3 Å². The van der Waals surface area contributed by atoms with E-state index in [0.29, 0.717) is 18.6 Å². The van der Waals surface area contributed by atoms with Gasteiger partial charge in [0.2, 0.25) is 21.7 Å². The summed E-state index contributed by atoms with van der Waals surface area (Å²) in [5.74, 6) is -3.87. The molecule has 0 radical (unpaired) electrons. The Morgan fingerprint density at radius 2 is 1.64 bits per heavy atom. The second kappa shape index (κ2) is 19.6. The topological polar surface area (TPSA) is 199 Å². The van der Waals surface area contributed by atoms with Crippen molar-refractivity contribution in [2.24, 2.45) is 29.1 Å². The largest absolute Gasteiger partial charge is 0.488 e. The summed E-state index contributed by atoms with van der Waals surface area (Å²) >= 11 is 0. The first-order valence-electron chi connectivity index (χ1n) is 20.7. The van der Waals surface area contributed by atoms with Gasteiger partial charge >= 0.3 is 0 Å². The summed E-state index contributed by atoms with van der Waals surface area (Å²) in [4.78, 5) is 92.9. The third-order valence-electron chi connectivity index (χ3n) is 11.8. The van der Waals surface area contributed by atoms with Gasteiger partial charge in [0.1, 0.15) is 17.5 Å². The van der Waals surface area contributed by atoms with Crippen molar-refractivity contribution in [2.45, 2.75) is 134 Å². The number of amides is 2. The fraction of sp³-hybridized carbons (Fsp3) is 0.628. The number of ketones is 4. The number of sulfonamides is 1. The highest BCUT2D eigenvalue weighted by Crippen LogP contribution is 2.37. The molecular formula is C43H59N5O9S. The Kier molecular flexibility index (Phi) is 15.1. The molecule has 58 heavy (non-hydrogen) atoms. The lowest BCUT2D eigenvalue weighted by Gasteiger charge is -2.36. The van der Waals surface area contributed by atoms with E-state index in [9.17, 15) is 37.2 Å². The van der Waals surface area contributed by atoms with Gasteiger partial charge in [0.25, 0.3) is 5.91 Å². The summed E-state index contributed by atoms with van der Waals surface area (Å²) in [5.41, 5.74) is -0.674. The predicted molar refractivity (Wildman–Crippen MR) is 215 cm³/mol. The van der Waals surface area contributed by atoms with Crippen molar-refractivity contribution in [1.82, 2.24) is 24.9 Å². The van der Waals surface area contributed by atoms with Crippen molar-refractivity contribution in [3.8, 4) is 5.75 Å². The Balaban J connectivity index is 1.41. The maximum absolute atomic E-state index is 14.9. The zero-order valence-corrected chi connectivity index (χ0v) is 35.2. The van der Waals surface area contributed by atoms with Gasteiger partial charge in [0, 0.05) is 49.9 Å². The summed E-state index contributed by atoms with van der Waals surface area (Å²) in [6.45, 7) is 7.47. The molecule has 2 amide bonds. The number of likely N-dealkylation sites (tertiary alicyclic amines) is 1. The van der Waals surface area contributed by atoms with Crippen LogP contribution in [0.5, 0.6) is 5.75 Å². The molecule has 5 rings (SSSR count). The van der Waals surface area contributed by atoms with Gasteiger partial charge in [-0.2, -0.15) is 0 Å². The molecule has 1 aromatic heterocycles. The van der Waals surface area contributed by atoms with Gasteiger partial charge in [-0.25, -0.2) is 18.1 Å². The van der Waals surface area contributed by atoms with E-state index in [1.54, 1.807) is 0 Å². The highest BCUT2D eigenvalue weighted by molar-refractivity contribution is 7.89. The van der Waals surface area contributed by atoms with E-state index >= 15 is 0 Å². The number of Topliss-reactive ketones (excluding diaryl/α,β-unsaturated/α-hetero) is 4. The van der Waals surface area contributed by atoms with Crippen LogP contribution in [-0.2, 0) is 34.0 Å². The third kappa shape index (κ3) is 11.6. The van der Waals surface area contributed by atoms with E-state index in [1.165, 1.54) is 54.8 Å². The van der Waals surface area contributed by atoms with Crippen LogP contribution in [0.4, 0.5) is 0 Å². The zero-order valence-electron chi connectivity index (χ0n) is 34.4. The van der Waals surface area contributed by atoms with E-state index in [-0.39, 0.29) is 66.2 Å². The second-order valence-corrected chi connectivity index (χ2v) is 19.2. The van der Waals surface area contributed by atoms with E-state index in [4.69, 9.17) is 4.74 Å². The molecule has 3 fully saturated rings. The van der Waals surface area contributed by atoms with Gasteiger partial charge in [-0.3, -0.25) is 33.8 Å². The van der Waals surface area contributed by atoms with E-state index in [1.807, 2.05) is 27.7 Å². The molecule has 2 aromatic rings. The van der Waals surface area contributed by atoms with E-state index in [0.717, 1.165) is 44.9 Å². The number of nitrogens with zero attached hydrogens (tertiary/aromatic N) is 3. The number of benzene rings is 1. The summed E-state index contributed by atoms with van der Waals surface area (Å²) in [6, 6.07) is 3.94. The molecule has 316 valence electrons. The Morgan fingerprint density at radius 3 is 2.22 bits per heavy atom. The molecule has 1 aromatic carbocycles. The normalized spacial score (nSPS) is 20.5. The highest BCUT2D eigenvalue weighted by Gasteiger charge is 2.47. The average Bonchev–Trinajstić information content (AvgIpc) is 3.93. The number of carbonyl (C=O) groups is 6. The third-order valence-corrected chi connectivity index (χ3v) is 13.3. The Hall–Kier alpha value is -4.37. The van der Waals surface area contributed by atoms with Crippen molar-refractivity contribution in [3.63, 3.8) is 0 Å². The molecular weight excluding hydrogens is 763 g/mol. The summed E-state index contributed by atoms with van der Waals surface area (Å²) in [5, 5.41) is 2.92. The van der Waals surface area contributed by atoms with Crippen molar-refractivity contribution in [1.29, 1.82) is 0 Å².